The third kappa shape index (κ3) is 2.75. The molecule has 5 heteroatoms. The zero-order valence-electron chi connectivity index (χ0n) is 6.47. The normalized spacial score (nSPS) is 9.17. The minimum atomic E-state index is -0.162. The molecule has 0 aliphatic heterocycles. The predicted molar refractivity (Wildman–Crippen MR) is 46.7 cm³/mol. The van der Waals surface area contributed by atoms with Crippen molar-refractivity contribution in [1.82, 2.24) is 10.4 Å². The molecular formula is C7H8ClN3O. The van der Waals surface area contributed by atoms with Gasteiger partial charge < -0.3 is 0 Å². The molecule has 0 radical (unpaired) electrons. The predicted octanol–water partition coefficient (Wildman–Crippen LogP) is 1.20. The van der Waals surface area contributed by atoms with E-state index in [0.717, 1.165) is 0 Å². The van der Waals surface area contributed by atoms with Crippen LogP contribution in [0, 0.1) is 0 Å². The Labute approximate surface area is 74.9 Å². The van der Waals surface area contributed by atoms with Gasteiger partial charge in [-0.3, -0.25) is 15.6 Å². The summed E-state index contributed by atoms with van der Waals surface area (Å²) < 4.78 is 0. The highest BCUT2D eigenvalue weighted by atomic mass is 35.5. The van der Waals surface area contributed by atoms with Gasteiger partial charge in [-0.05, 0) is 12.1 Å². The smallest absolute Gasteiger partial charge is 0.235 e. The SMILES string of the molecule is CC(=O)NNc1ccc(Cl)nc1. The maximum atomic E-state index is 10.5. The fourth-order valence-corrected chi connectivity index (χ4v) is 0.722. The van der Waals surface area contributed by atoms with Gasteiger partial charge in [0.05, 0.1) is 11.9 Å². The summed E-state index contributed by atoms with van der Waals surface area (Å²) in [5.74, 6) is -0.162. The molecule has 12 heavy (non-hydrogen) atoms. The molecule has 0 atom stereocenters. The maximum absolute atomic E-state index is 10.5. The number of rotatable bonds is 2. The van der Waals surface area contributed by atoms with Crippen molar-refractivity contribution in [2.75, 3.05) is 5.43 Å². The molecule has 1 aromatic rings. The lowest BCUT2D eigenvalue weighted by molar-refractivity contribution is -0.118. The standard InChI is InChI=1S/C7H8ClN3O/c1-5(12)10-11-6-2-3-7(8)9-4-6/h2-4,11H,1H3,(H,10,12). The lowest BCUT2D eigenvalue weighted by atomic mass is 10.4. The molecule has 0 spiro atoms. The summed E-state index contributed by atoms with van der Waals surface area (Å²) in [6, 6.07) is 3.34. The van der Waals surface area contributed by atoms with Crippen LogP contribution in [0.4, 0.5) is 5.69 Å². The van der Waals surface area contributed by atoms with E-state index < -0.39 is 0 Å². The second-order valence-corrected chi connectivity index (χ2v) is 2.56. The van der Waals surface area contributed by atoms with E-state index in [0.29, 0.717) is 10.8 Å². The first-order valence-electron chi connectivity index (χ1n) is 3.32. The van der Waals surface area contributed by atoms with Gasteiger partial charge in [0.25, 0.3) is 0 Å². The first-order valence-corrected chi connectivity index (χ1v) is 3.70. The maximum Gasteiger partial charge on any atom is 0.235 e. The van der Waals surface area contributed by atoms with Crippen LogP contribution >= 0.6 is 11.6 Å². The number of hydrogen-bond acceptors (Lipinski definition) is 3. The number of hydrazine groups is 1. The van der Waals surface area contributed by atoms with Gasteiger partial charge in [-0.1, -0.05) is 11.6 Å². The van der Waals surface area contributed by atoms with E-state index in [-0.39, 0.29) is 5.91 Å². The Morgan fingerprint density at radius 3 is 2.83 bits per heavy atom. The summed E-state index contributed by atoms with van der Waals surface area (Å²) in [7, 11) is 0. The van der Waals surface area contributed by atoms with Gasteiger partial charge in [-0.2, -0.15) is 0 Å². The second kappa shape index (κ2) is 3.92. The molecule has 1 rings (SSSR count). The molecule has 0 aliphatic carbocycles. The first kappa shape index (κ1) is 8.80. The van der Waals surface area contributed by atoms with Crippen LogP contribution in [0.25, 0.3) is 0 Å². The number of aromatic nitrogens is 1. The Morgan fingerprint density at radius 2 is 2.33 bits per heavy atom. The lowest BCUT2D eigenvalue weighted by Gasteiger charge is -2.04. The molecule has 0 saturated carbocycles. The summed E-state index contributed by atoms with van der Waals surface area (Å²) in [5, 5.41) is 0.420. The fourth-order valence-electron chi connectivity index (χ4n) is 0.610. The second-order valence-electron chi connectivity index (χ2n) is 2.18. The summed E-state index contributed by atoms with van der Waals surface area (Å²) in [4.78, 5) is 14.3. The van der Waals surface area contributed by atoms with Crippen molar-refractivity contribution in [2.24, 2.45) is 0 Å². The van der Waals surface area contributed by atoms with E-state index in [4.69, 9.17) is 11.6 Å². The van der Waals surface area contributed by atoms with Crippen LogP contribution in [0.15, 0.2) is 18.3 Å². The van der Waals surface area contributed by atoms with Crippen LogP contribution in [-0.4, -0.2) is 10.9 Å². The molecule has 0 fully saturated rings. The van der Waals surface area contributed by atoms with Gasteiger partial charge >= 0.3 is 0 Å². The van der Waals surface area contributed by atoms with Crippen LogP contribution in [0.5, 0.6) is 0 Å². The lowest BCUT2D eigenvalue weighted by Crippen LogP contribution is -2.26. The number of carbonyl (C=O) groups excluding carboxylic acids is 1. The molecule has 0 saturated heterocycles. The van der Waals surface area contributed by atoms with Crippen molar-refractivity contribution >= 4 is 23.2 Å². The van der Waals surface area contributed by atoms with E-state index in [2.05, 4.69) is 15.8 Å². The van der Waals surface area contributed by atoms with Gasteiger partial charge in [-0.25, -0.2) is 4.98 Å². The number of carbonyl (C=O) groups is 1. The van der Waals surface area contributed by atoms with Gasteiger partial charge in [0.15, 0.2) is 0 Å². The van der Waals surface area contributed by atoms with Crippen molar-refractivity contribution in [2.45, 2.75) is 6.92 Å². The van der Waals surface area contributed by atoms with Crippen LogP contribution in [0.2, 0.25) is 5.15 Å². The molecule has 4 nitrogen and oxygen atoms in total. The van der Waals surface area contributed by atoms with Crippen molar-refractivity contribution < 1.29 is 4.79 Å². The van der Waals surface area contributed by atoms with E-state index in [1.165, 1.54) is 13.1 Å². The molecule has 0 bridgehead atoms. The number of pyridine rings is 1. The molecule has 1 aromatic heterocycles. The third-order valence-electron chi connectivity index (χ3n) is 1.11. The number of amides is 1. The van der Waals surface area contributed by atoms with E-state index in [1.54, 1.807) is 12.1 Å². The molecule has 64 valence electrons. The summed E-state index contributed by atoms with van der Waals surface area (Å²) in [5.41, 5.74) is 5.75. The van der Waals surface area contributed by atoms with Crippen LogP contribution in [0.1, 0.15) is 6.92 Å². The minimum absolute atomic E-state index is 0.162. The van der Waals surface area contributed by atoms with Gasteiger partial charge in [0, 0.05) is 6.92 Å². The van der Waals surface area contributed by atoms with E-state index >= 15 is 0 Å². The van der Waals surface area contributed by atoms with Crippen molar-refractivity contribution in [3.05, 3.63) is 23.5 Å². The fraction of sp³-hybridized carbons (Fsp3) is 0.143. The molecule has 1 heterocycles. The Morgan fingerprint density at radius 1 is 1.58 bits per heavy atom. The number of hydrogen-bond donors (Lipinski definition) is 2. The highest BCUT2D eigenvalue weighted by Crippen LogP contribution is 2.07. The van der Waals surface area contributed by atoms with Crippen LogP contribution in [-0.2, 0) is 4.79 Å². The van der Waals surface area contributed by atoms with E-state index in [1.807, 2.05) is 0 Å². The Balaban J connectivity index is 2.53. The average Bonchev–Trinajstić information content (AvgIpc) is 2.03. The third-order valence-corrected chi connectivity index (χ3v) is 1.33. The van der Waals surface area contributed by atoms with Gasteiger partial charge in [0.1, 0.15) is 5.15 Å². The Hall–Kier alpha value is -1.29. The summed E-state index contributed by atoms with van der Waals surface area (Å²) >= 11 is 5.55. The molecule has 0 aliphatic rings. The van der Waals surface area contributed by atoms with Gasteiger partial charge in [0.2, 0.25) is 5.91 Å². The van der Waals surface area contributed by atoms with Crippen LogP contribution < -0.4 is 10.9 Å². The Bertz CT molecular complexity index is 272. The van der Waals surface area contributed by atoms with Crippen molar-refractivity contribution in [3.63, 3.8) is 0 Å². The van der Waals surface area contributed by atoms with Crippen molar-refractivity contribution in [1.29, 1.82) is 0 Å². The topological polar surface area (TPSA) is 54.0 Å². The molecule has 1 amide bonds. The molecule has 2 N–H and O–H groups in total. The number of anilines is 1. The minimum Gasteiger partial charge on any atom is -0.297 e. The average molecular weight is 186 g/mol. The summed E-state index contributed by atoms with van der Waals surface area (Å²) in [6.45, 7) is 1.41. The largest absolute Gasteiger partial charge is 0.297 e. The number of nitrogens with one attached hydrogen (secondary N) is 2. The molecular weight excluding hydrogens is 178 g/mol. The zero-order valence-corrected chi connectivity index (χ0v) is 7.22. The highest BCUT2D eigenvalue weighted by molar-refractivity contribution is 6.29. The molecule has 0 aromatic carbocycles. The first-order chi connectivity index (χ1) is 5.68. The number of halogens is 1. The van der Waals surface area contributed by atoms with Crippen molar-refractivity contribution in [3.8, 4) is 0 Å². The summed E-state index contributed by atoms with van der Waals surface area (Å²) in [6.07, 6.45) is 1.53. The quantitative estimate of drug-likeness (QED) is 0.538. The van der Waals surface area contributed by atoms with Crippen LogP contribution in [0.3, 0.4) is 0 Å². The van der Waals surface area contributed by atoms with Gasteiger partial charge in [-0.15, -0.1) is 0 Å². The number of nitrogens with zero attached hydrogens (tertiary/aromatic N) is 1. The Kier molecular flexibility index (Phi) is 2.88. The molecule has 0 unspecified atom stereocenters. The zero-order chi connectivity index (χ0) is 8.97. The van der Waals surface area contributed by atoms with E-state index in [9.17, 15) is 4.79 Å². The monoisotopic (exact) mass is 185 g/mol. The highest BCUT2D eigenvalue weighted by Gasteiger charge is 1.92.